The molecule has 94 valence electrons. The lowest BCUT2D eigenvalue weighted by Crippen LogP contribution is -2.35. The van der Waals surface area contributed by atoms with E-state index in [2.05, 4.69) is 17.3 Å². The molecule has 17 heavy (non-hydrogen) atoms. The number of rotatable bonds is 3. The molecule has 0 amide bonds. The Hall–Kier alpha value is -0.930. The zero-order chi connectivity index (χ0) is 12.3. The zero-order valence-electron chi connectivity index (χ0n) is 10.2. The maximum atomic E-state index is 5.91. The number of anilines is 2. The van der Waals surface area contributed by atoms with Crippen LogP contribution in [-0.4, -0.2) is 31.6 Å². The van der Waals surface area contributed by atoms with Crippen LogP contribution in [-0.2, 0) is 0 Å². The number of nitrogens with two attached hydrogens (primary N) is 1. The topological polar surface area (TPSA) is 41.3 Å². The highest BCUT2D eigenvalue weighted by Gasteiger charge is 2.16. The molecule has 1 fully saturated rings. The first-order valence-corrected chi connectivity index (χ1v) is 6.50. The van der Waals surface area contributed by atoms with Crippen molar-refractivity contribution in [3.63, 3.8) is 0 Å². The summed E-state index contributed by atoms with van der Waals surface area (Å²) in [7, 11) is 2.18. The second kappa shape index (κ2) is 5.61. The number of nitrogens with zero attached hydrogens (tertiary/aromatic N) is 1. The second-order valence-electron chi connectivity index (χ2n) is 4.88. The number of piperidine rings is 1. The highest BCUT2D eigenvalue weighted by molar-refractivity contribution is 6.31. The van der Waals surface area contributed by atoms with Gasteiger partial charge in [-0.1, -0.05) is 11.6 Å². The SMILES string of the molecule is CN1CCCC(CNc2ccc(Cl)cc2N)C1. The molecule has 1 aliphatic rings. The predicted octanol–water partition coefficient (Wildman–Crippen LogP) is 2.68. The Morgan fingerprint density at radius 3 is 3.06 bits per heavy atom. The second-order valence-corrected chi connectivity index (χ2v) is 5.32. The van der Waals surface area contributed by atoms with Crippen molar-refractivity contribution in [1.82, 2.24) is 4.90 Å². The van der Waals surface area contributed by atoms with Crippen LogP contribution in [0.1, 0.15) is 12.8 Å². The molecular formula is C13H20ClN3. The van der Waals surface area contributed by atoms with Crippen LogP contribution in [0.25, 0.3) is 0 Å². The van der Waals surface area contributed by atoms with Gasteiger partial charge in [-0.3, -0.25) is 0 Å². The fourth-order valence-electron chi connectivity index (χ4n) is 2.39. The number of nitrogens with one attached hydrogen (secondary N) is 1. The molecule has 1 saturated heterocycles. The van der Waals surface area contributed by atoms with E-state index in [-0.39, 0.29) is 0 Å². The Morgan fingerprint density at radius 1 is 1.53 bits per heavy atom. The van der Waals surface area contributed by atoms with Crippen molar-refractivity contribution in [2.24, 2.45) is 5.92 Å². The predicted molar refractivity (Wildman–Crippen MR) is 74.6 cm³/mol. The Bertz CT molecular complexity index is 381. The minimum absolute atomic E-state index is 0.686. The Balaban J connectivity index is 1.88. The van der Waals surface area contributed by atoms with E-state index in [1.165, 1.54) is 25.9 Å². The largest absolute Gasteiger partial charge is 0.397 e. The van der Waals surface area contributed by atoms with Gasteiger partial charge in [0.05, 0.1) is 11.4 Å². The van der Waals surface area contributed by atoms with E-state index in [4.69, 9.17) is 17.3 Å². The zero-order valence-corrected chi connectivity index (χ0v) is 11.0. The normalized spacial score (nSPS) is 21.4. The molecule has 4 heteroatoms. The fourth-order valence-corrected chi connectivity index (χ4v) is 2.57. The van der Waals surface area contributed by atoms with Gasteiger partial charge in [0.15, 0.2) is 0 Å². The molecule has 2 rings (SSSR count). The van der Waals surface area contributed by atoms with Gasteiger partial charge in [-0.15, -0.1) is 0 Å². The Morgan fingerprint density at radius 2 is 2.35 bits per heavy atom. The smallest absolute Gasteiger partial charge is 0.0575 e. The first kappa shape index (κ1) is 12.5. The van der Waals surface area contributed by atoms with Gasteiger partial charge >= 0.3 is 0 Å². The summed E-state index contributed by atoms with van der Waals surface area (Å²) in [6.07, 6.45) is 2.59. The summed E-state index contributed by atoms with van der Waals surface area (Å²) >= 11 is 5.87. The third-order valence-electron chi connectivity index (χ3n) is 3.32. The van der Waals surface area contributed by atoms with Crippen molar-refractivity contribution >= 4 is 23.0 Å². The van der Waals surface area contributed by atoms with Crippen molar-refractivity contribution in [3.05, 3.63) is 23.2 Å². The molecule has 0 saturated carbocycles. The number of nitrogen functional groups attached to an aromatic ring is 1. The summed E-state index contributed by atoms with van der Waals surface area (Å²) in [5.41, 5.74) is 7.62. The molecule has 0 spiro atoms. The van der Waals surface area contributed by atoms with Gasteiger partial charge in [0.25, 0.3) is 0 Å². The number of likely N-dealkylation sites (tertiary alicyclic amines) is 1. The molecule has 1 aromatic carbocycles. The van der Waals surface area contributed by atoms with E-state index in [1.807, 2.05) is 12.1 Å². The Kier molecular flexibility index (Phi) is 4.13. The molecule has 0 aliphatic carbocycles. The van der Waals surface area contributed by atoms with Gasteiger partial charge < -0.3 is 16.0 Å². The molecule has 3 N–H and O–H groups in total. The molecule has 0 aromatic heterocycles. The molecule has 1 aliphatic heterocycles. The third-order valence-corrected chi connectivity index (χ3v) is 3.55. The summed E-state index contributed by atoms with van der Waals surface area (Å²) in [6.45, 7) is 3.37. The van der Waals surface area contributed by atoms with Crippen molar-refractivity contribution in [2.45, 2.75) is 12.8 Å². The van der Waals surface area contributed by atoms with Gasteiger partial charge in [-0.2, -0.15) is 0 Å². The standard InChI is InChI=1S/C13H20ClN3/c1-17-6-2-3-10(9-17)8-16-13-5-4-11(14)7-12(13)15/h4-5,7,10,16H,2-3,6,8-9,15H2,1H3. The molecular weight excluding hydrogens is 234 g/mol. The van der Waals surface area contributed by atoms with Crippen LogP contribution in [0.2, 0.25) is 5.02 Å². The van der Waals surface area contributed by atoms with Gasteiger partial charge in [0.2, 0.25) is 0 Å². The van der Waals surface area contributed by atoms with Gasteiger partial charge in [-0.05, 0) is 50.6 Å². The quantitative estimate of drug-likeness (QED) is 0.814. The van der Waals surface area contributed by atoms with Crippen molar-refractivity contribution in [3.8, 4) is 0 Å². The minimum Gasteiger partial charge on any atom is -0.397 e. The van der Waals surface area contributed by atoms with Crippen LogP contribution in [0.5, 0.6) is 0 Å². The first-order chi connectivity index (χ1) is 8.15. The van der Waals surface area contributed by atoms with E-state index in [0.717, 1.165) is 17.9 Å². The van der Waals surface area contributed by atoms with E-state index in [9.17, 15) is 0 Å². The van der Waals surface area contributed by atoms with E-state index >= 15 is 0 Å². The molecule has 1 aromatic rings. The lowest BCUT2D eigenvalue weighted by atomic mass is 9.98. The van der Waals surface area contributed by atoms with Crippen LogP contribution < -0.4 is 11.1 Å². The Labute approximate surface area is 108 Å². The van der Waals surface area contributed by atoms with Crippen LogP contribution >= 0.6 is 11.6 Å². The summed E-state index contributed by atoms with van der Waals surface area (Å²) in [5.74, 6) is 0.712. The van der Waals surface area contributed by atoms with Crippen LogP contribution in [0.15, 0.2) is 18.2 Å². The maximum Gasteiger partial charge on any atom is 0.0575 e. The average Bonchev–Trinajstić information content (AvgIpc) is 2.28. The third kappa shape index (κ3) is 3.51. The lowest BCUT2D eigenvalue weighted by Gasteiger charge is -2.30. The van der Waals surface area contributed by atoms with Crippen LogP contribution in [0.4, 0.5) is 11.4 Å². The molecule has 0 bridgehead atoms. The summed E-state index contributed by atoms with van der Waals surface area (Å²) < 4.78 is 0. The van der Waals surface area contributed by atoms with Crippen LogP contribution in [0.3, 0.4) is 0 Å². The van der Waals surface area contributed by atoms with Gasteiger partial charge in [-0.25, -0.2) is 0 Å². The molecule has 3 nitrogen and oxygen atoms in total. The van der Waals surface area contributed by atoms with E-state index in [1.54, 1.807) is 6.07 Å². The highest BCUT2D eigenvalue weighted by Crippen LogP contribution is 2.23. The van der Waals surface area contributed by atoms with E-state index in [0.29, 0.717) is 10.9 Å². The van der Waals surface area contributed by atoms with Gasteiger partial charge in [0.1, 0.15) is 0 Å². The lowest BCUT2D eigenvalue weighted by molar-refractivity contribution is 0.217. The number of hydrogen-bond acceptors (Lipinski definition) is 3. The van der Waals surface area contributed by atoms with Gasteiger partial charge in [0, 0.05) is 18.1 Å². The molecule has 1 atom stereocenters. The van der Waals surface area contributed by atoms with E-state index < -0.39 is 0 Å². The molecule has 1 unspecified atom stereocenters. The fraction of sp³-hybridized carbons (Fsp3) is 0.538. The average molecular weight is 254 g/mol. The summed E-state index contributed by atoms with van der Waals surface area (Å²) in [6, 6.07) is 5.61. The van der Waals surface area contributed by atoms with Crippen LogP contribution in [0, 0.1) is 5.92 Å². The highest BCUT2D eigenvalue weighted by atomic mass is 35.5. The number of benzene rings is 1. The molecule has 0 radical (unpaired) electrons. The van der Waals surface area contributed by atoms with Crippen molar-refractivity contribution < 1.29 is 0 Å². The number of halogens is 1. The van der Waals surface area contributed by atoms with Crippen molar-refractivity contribution in [1.29, 1.82) is 0 Å². The first-order valence-electron chi connectivity index (χ1n) is 6.12. The summed E-state index contributed by atoms with van der Waals surface area (Å²) in [4.78, 5) is 2.39. The maximum absolute atomic E-state index is 5.91. The minimum atomic E-state index is 0.686. The molecule has 1 heterocycles. The number of hydrogen-bond donors (Lipinski definition) is 2. The van der Waals surface area contributed by atoms with Crippen molar-refractivity contribution in [2.75, 3.05) is 37.7 Å². The monoisotopic (exact) mass is 253 g/mol. The summed E-state index contributed by atoms with van der Waals surface area (Å²) in [5, 5.41) is 4.11.